The minimum absolute atomic E-state index is 0.151. The lowest BCUT2D eigenvalue weighted by Gasteiger charge is -2.24. The second-order valence-corrected chi connectivity index (χ2v) is 4.47. The van der Waals surface area contributed by atoms with Crippen LogP contribution in [-0.2, 0) is 14.9 Å². The summed E-state index contributed by atoms with van der Waals surface area (Å²) in [5.74, 6) is -0.456. The Hall–Kier alpha value is -1.38. The molecule has 0 radical (unpaired) electrons. The molecule has 0 fully saturated rings. The molecule has 0 atom stereocenters. The summed E-state index contributed by atoms with van der Waals surface area (Å²) < 4.78 is 17.4. The number of hydrogen-bond acceptors (Lipinski definition) is 2. The second kappa shape index (κ2) is 5.10. The minimum Gasteiger partial charge on any atom is -0.469 e. The van der Waals surface area contributed by atoms with E-state index in [0.717, 1.165) is 5.56 Å². The molecule has 3 heteroatoms. The first-order valence-corrected chi connectivity index (χ1v) is 5.28. The van der Waals surface area contributed by atoms with Crippen LogP contribution in [0.4, 0.5) is 4.39 Å². The smallest absolute Gasteiger partial charge is 0.305 e. The van der Waals surface area contributed by atoms with Crippen molar-refractivity contribution in [3.05, 3.63) is 35.6 Å². The molecule has 16 heavy (non-hydrogen) atoms. The highest BCUT2D eigenvalue weighted by Gasteiger charge is 2.21. The predicted molar refractivity (Wildman–Crippen MR) is 60.7 cm³/mol. The summed E-state index contributed by atoms with van der Waals surface area (Å²) in [6.45, 7) is 4.06. The van der Waals surface area contributed by atoms with E-state index in [2.05, 4.69) is 4.74 Å². The summed E-state index contributed by atoms with van der Waals surface area (Å²) in [6.07, 6.45) is 1.06. The highest BCUT2D eigenvalue weighted by molar-refractivity contribution is 5.69. The van der Waals surface area contributed by atoms with Crippen molar-refractivity contribution in [3.8, 4) is 0 Å². The van der Waals surface area contributed by atoms with E-state index in [-0.39, 0.29) is 17.2 Å². The van der Waals surface area contributed by atoms with Crippen molar-refractivity contribution >= 4 is 5.97 Å². The molecular formula is C13H17FO2. The molecule has 0 saturated heterocycles. The maximum absolute atomic E-state index is 12.8. The van der Waals surface area contributed by atoms with E-state index in [1.165, 1.54) is 19.2 Å². The maximum Gasteiger partial charge on any atom is 0.305 e. The van der Waals surface area contributed by atoms with E-state index >= 15 is 0 Å². The Kier molecular flexibility index (Phi) is 4.05. The lowest BCUT2D eigenvalue weighted by atomic mass is 9.80. The number of esters is 1. The third-order valence-corrected chi connectivity index (χ3v) is 2.81. The van der Waals surface area contributed by atoms with E-state index < -0.39 is 0 Å². The molecule has 0 unspecified atom stereocenters. The molecule has 0 saturated carbocycles. The van der Waals surface area contributed by atoms with E-state index in [1.54, 1.807) is 12.1 Å². The van der Waals surface area contributed by atoms with E-state index in [4.69, 9.17) is 0 Å². The summed E-state index contributed by atoms with van der Waals surface area (Å²) in [6, 6.07) is 6.39. The monoisotopic (exact) mass is 224 g/mol. The first kappa shape index (κ1) is 12.7. The van der Waals surface area contributed by atoms with Crippen molar-refractivity contribution in [1.82, 2.24) is 0 Å². The fourth-order valence-corrected chi connectivity index (χ4v) is 1.56. The van der Waals surface area contributed by atoms with Gasteiger partial charge in [0, 0.05) is 6.42 Å². The average Bonchev–Trinajstić information content (AvgIpc) is 2.26. The van der Waals surface area contributed by atoms with Crippen molar-refractivity contribution < 1.29 is 13.9 Å². The van der Waals surface area contributed by atoms with Crippen molar-refractivity contribution in [2.24, 2.45) is 0 Å². The lowest BCUT2D eigenvalue weighted by Crippen LogP contribution is -2.19. The zero-order chi connectivity index (χ0) is 12.2. The molecule has 88 valence electrons. The number of hydrogen-bond donors (Lipinski definition) is 0. The van der Waals surface area contributed by atoms with Crippen LogP contribution in [-0.4, -0.2) is 13.1 Å². The van der Waals surface area contributed by atoms with Gasteiger partial charge in [-0.2, -0.15) is 0 Å². The van der Waals surface area contributed by atoms with Crippen molar-refractivity contribution in [2.75, 3.05) is 7.11 Å². The molecule has 0 heterocycles. The summed E-state index contributed by atoms with van der Waals surface area (Å²) >= 11 is 0. The first-order chi connectivity index (χ1) is 7.45. The number of rotatable bonds is 4. The number of ether oxygens (including phenoxy) is 1. The van der Waals surface area contributed by atoms with Gasteiger partial charge < -0.3 is 4.74 Å². The van der Waals surface area contributed by atoms with Gasteiger partial charge in [0.1, 0.15) is 5.82 Å². The molecule has 0 amide bonds. The molecule has 0 N–H and O–H groups in total. The lowest BCUT2D eigenvalue weighted by molar-refractivity contribution is -0.141. The van der Waals surface area contributed by atoms with E-state index in [0.29, 0.717) is 12.8 Å². The van der Waals surface area contributed by atoms with Crippen LogP contribution in [0.2, 0.25) is 0 Å². The van der Waals surface area contributed by atoms with Crippen LogP contribution in [0.1, 0.15) is 32.3 Å². The molecule has 0 aliphatic carbocycles. The van der Waals surface area contributed by atoms with Gasteiger partial charge in [0.25, 0.3) is 0 Å². The molecular weight excluding hydrogens is 207 g/mol. The van der Waals surface area contributed by atoms with Crippen molar-refractivity contribution in [1.29, 1.82) is 0 Å². The highest BCUT2D eigenvalue weighted by Crippen LogP contribution is 2.28. The Balaban J connectivity index is 2.69. The van der Waals surface area contributed by atoms with Gasteiger partial charge in [0.05, 0.1) is 7.11 Å². The summed E-state index contributed by atoms with van der Waals surface area (Å²) in [5, 5.41) is 0. The Bertz CT molecular complexity index is 355. The summed E-state index contributed by atoms with van der Waals surface area (Å²) in [4.78, 5) is 11.1. The van der Waals surface area contributed by atoms with Crippen LogP contribution < -0.4 is 0 Å². The van der Waals surface area contributed by atoms with Gasteiger partial charge in [-0.25, -0.2) is 4.39 Å². The highest BCUT2D eigenvalue weighted by atomic mass is 19.1. The first-order valence-electron chi connectivity index (χ1n) is 5.28. The van der Waals surface area contributed by atoms with Crippen LogP contribution in [0.25, 0.3) is 0 Å². The normalized spacial score (nSPS) is 11.2. The van der Waals surface area contributed by atoms with E-state index in [9.17, 15) is 9.18 Å². The van der Waals surface area contributed by atoms with Gasteiger partial charge >= 0.3 is 5.97 Å². The fraction of sp³-hybridized carbons (Fsp3) is 0.462. The molecule has 0 spiro atoms. The standard InChI is InChI=1S/C13H17FO2/c1-13(2,9-8-12(15)16-3)10-4-6-11(14)7-5-10/h4-7H,8-9H2,1-3H3. The third-order valence-electron chi connectivity index (χ3n) is 2.81. The average molecular weight is 224 g/mol. The van der Waals surface area contributed by atoms with Crippen LogP contribution in [0, 0.1) is 5.82 Å². The van der Waals surface area contributed by atoms with Crippen LogP contribution >= 0.6 is 0 Å². The van der Waals surface area contributed by atoms with Gasteiger partial charge in [-0.3, -0.25) is 4.79 Å². The number of benzene rings is 1. The number of halogens is 1. The van der Waals surface area contributed by atoms with Crippen molar-refractivity contribution in [2.45, 2.75) is 32.1 Å². The van der Waals surface area contributed by atoms with Crippen LogP contribution in [0.3, 0.4) is 0 Å². The largest absolute Gasteiger partial charge is 0.469 e. The Morgan fingerprint density at radius 2 is 1.88 bits per heavy atom. The minimum atomic E-state index is -0.243. The van der Waals surface area contributed by atoms with Crippen molar-refractivity contribution in [3.63, 3.8) is 0 Å². The Morgan fingerprint density at radius 3 is 2.38 bits per heavy atom. The molecule has 1 rings (SSSR count). The maximum atomic E-state index is 12.8. The van der Waals surface area contributed by atoms with Gasteiger partial charge in [-0.05, 0) is 29.5 Å². The predicted octanol–water partition coefficient (Wildman–Crippen LogP) is 3.06. The second-order valence-electron chi connectivity index (χ2n) is 4.47. The van der Waals surface area contributed by atoms with Gasteiger partial charge in [0.2, 0.25) is 0 Å². The summed E-state index contributed by atoms with van der Waals surface area (Å²) in [7, 11) is 1.38. The number of carbonyl (C=O) groups excluding carboxylic acids is 1. The zero-order valence-electron chi connectivity index (χ0n) is 9.92. The van der Waals surface area contributed by atoms with E-state index in [1.807, 2.05) is 13.8 Å². The fourth-order valence-electron chi connectivity index (χ4n) is 1.56. The van der Waals surface area contributed by atoms with Crippen LogP contribution in [0.5, 0.6) is 0 Å². The molecule has 2 nitrogen and oxygen atoms in total. The van der Waals surface area contributed by atoms with Crippen LogP contribution in [0.15, 0.2) is 24.3 Å². The zero-order valence-corrected chi connectivity index (χ0v) is 9.92. The Morgan fingerprint density at radius 1 is 1.31 bits per heavy atom. The SMILES string of the molecule is COC(=O)CCC(C)(C)c1ccc(F)cc1. The Labute approximate surface area is 95.4 Å². The molecule has 0 aliphatic heterocycles. The quantitative estimate of drug-likeness (QED) is 0.735. The summed E-state index contributed by atoms with van der Waals surface area (Å²) in [5.41, 5.74) is 0.875. The van der Waals surface area contributed by atoms with Gasteiger partial charge in [-0.1, -0.05) is 26.0 Å². The third kappa shape index (κ3) is 3.33. The van der Waals surface area contributed by atoms with Gasteiger partial charge in [0.15, 0.2) is 0 Å². The molecule has 0 aromatic heterocycles. The topological polar surface area (TPSA) is 26.3 Å². The molecule has 1 aromatic carbocycles. The number of methoxy groups -OCH3 is 1. The molecule has 0 aliphatic rings. The number of carbonyl (C=O) groups is 1. The molecule has 1 aromatic rings. The molecule has 0 bridgehead atoms. The van der Waals surface area contributed by atoms with Gasteiger partial charge in [-0.15, -0.1) is 0 Å².